The van der Waals surface area contributed by atoms with E-state index in [2.05, 4.69) is 0 Å². The number of thioether (sulfide) groups is 1. The van der Waals surface area contributed by atoms with Crippen LogP contribution >= 0.6 is 11.8 Å². The zero-order chi connectivity index (χ0) is 22.4. The third kappa shape index (κ3) is 5.90. The number of carboxylic acids is 1. The molecule has 7 nitrogen and oxygen atoms in total. The van der Waals surface area contributed by atoms with Gasteiger partial charge in [0.1, 0.15) is 5.75 Å². The number of aliphatic hydroxyl groups excluding tert-OH is 1. The Hall–Kier alpha value is -2.29. The average Bonchev–Trinajstić information content (AvgIpc) is 3.55. The van der Waals surface area contributed by atoms with Gasteiger partial charge in [-0.25, -0.2) is 4.79 Å². The number of hydrogen-bond donors (Lipinski definition) is 2. The highest BCUT2D eigenvalue weighted by Gasteiger charge is 2.31. The highest BCUT2D eigenvalue weighted by Crippen LogP contribution is 2.43. The van der Waals surface area contributed by atoms with Gasteiger partial charge in [0.05, 0.1) is 36.8 Å². The molecule has 1 unspecified atom stereocenters. The van der Waals surface area contributed by atoms with Crippen molar-refractivity contribution in [2.75, 3.05) is 27.4 Å². The second-order valence-corrected chi connectivity index (χ2v) is 8.92. The third-order valence-corrected chi connectivity index (χ3v) is 6.24. The summed E-state index contributed by atoms with van der Waals surface area (Å²) in [5.41, 5.74) is 3.27. The molecule has 2 N–H and O–H groups in total. The zero-order valence-corrected chi connectivity index (χ0v) is 18.9. The van der Waals surface area contributed by atoms with Gasteiger partial charge in [-0.1, -0.05) is 0 Å². The Morgan fingerprint density at radius 2 is 2.03 bits per heavy atom. The smallest absolute Gasteiger partial charge is 0.338 e. The van der Waals surface area contributed by atoms with Crippen LogP contribution in [0.3, 0.4) is 0 Å². The molecular weight excluding hydrogens is 418 g/mol. The highest BCUT2D eigenvalue weighted by molar-refractivity contribution is 8.00. The largest absolute Gasteiger partial charge is 0.515 e. The Bertz CT molecular complexity index is 904. The highest BCUT2D eigenvalue weighted by atomic mass is 32.2. The molecule has 31 heavy (non-hydrogen) atoms. The van der Waals surface area contributed by atoms with E-state index < -0.39 is 5.97 Å². The van der Waals surface area contributed by atoms with Crippen molar-refractivity contribution in [3.8, 4) is 5.75 Å². The van der Waals surface area contributed by atoms with Crippen molar-refractivity contribution in [2.24, 2.45) is 4.99 Å². The molecule has 1 aliphatic heterocycles. The summed E-state index contributed by atoms with van der Waals surface area (Å²) < 4.78 is 16.5. The van der Waals surface area contributed by atoms with Gasteiger partial charge >= 0.3 is 5.97 Å². The van der Waals surface area contributed by atoms with E-state index >= 15 is 0 Å². The first-order chi connectivity index (χ1) is 15.0. The molecule has 1 fully saturated rings. The van der Waals surface area contributed by atoms with Crippen LogP contribution in [-0.4, -0.2) is 60.6 Å². The summed E-state index contributed by atoms with van der Waals surface area (Å²) in [4.78, 5) is 17.4. The topological polar surface area (TPSA) is 97.6 Å². The van der Waals surface area contributed by atoms with Crippen molar-refractivity contribution in [3.05, 3.63) is 46.7 Å². The number of carboxylic acid groups (broad SMARTS) is 1. The second kappa shape index (κ2) is 10.8. The maximum atomic E-state index is 11.5. The number of methoxy groups -OCH3 is 2. The normalized spacial score (nSPS) is 21.4. The summed E-state index contributed by atoms with van der Waals surface area (Å²) in [6.45, 7) is 3.58. The van der Waals surface area contributed by atoms with Crippen molar-refractivity contribution in [3.63, 3.8) is 0 Å². The minimum absolute atomic E-state index is 0.0334. The summed E-state index contributed by atoms with van der Waals surface area (Å²) >= 11 is 1.62. The van der Waals surface area contributed by atoms with E-state index in [1.807, 2.05) is 19.1 Å². The molecule has 2 aliphatic rings. The van der Waals surface area contributed by atoms with Crippen molar-refractivity contribution >= 4 is 23.4 Å². The van der Waals surface area contributed by atoms with Gasteiger partial charge in [-0.05, 0) is 43.5 Å². The van der Waals surface area contributed by atoms with Gasteiger partial charge in [0.25, 0.3) is 0 Å². The molecule has 1 saturated carbocycles. The SMILES string of the molecule is COCCCOc1cc2c(cc1COC)C(=NC1CC1)C(=CC(=CO)C(=O)O)C(C)S2. The standard InChI is InChI=1S/C23H29NO6S/c1-14-18(9-15(12-25)23(26)27)22(24-17-5-6-17)19-10-16(13-29-3)20(11-21(19)31-14)30-8-4-7-28-2/h9-12,14,17,25H,4-8,13H2,1-3H3,(H,26,27). The van der Waals surface area contributed by atoms with Crippen molar-refractivity contribution in [1.29, 1.82) is 0 Å². The predicted octanol–water partition coefficient (Wildman–Crippen LogP) is 4.15. The van der Waals surface area contributed by atoms with E-state index in [0.29, 0.717) is 26.1 Å². The molecule has 0 saturated heterocycles. The zero-order valence-electron chi connectivity index (χ0n) is 18.1. The van der Waals surface area contributed by atoms with Gasteiger partial charge in [0.2, 0.25) is 0 Å². The lowest BCUT2D eigenvalue weighted by Gasteiger charge is -2.28. The number of aliphatic hydroxyl groups is 1. The van der Waals surface area contributed by atoms with E-state index in [1.54, 1.807) is 26.0 Å². The van der Waals surface area contributed by atoms with Crippen LogP contribution in [-0.2, 0) is 20.9 Å². The summed E-state index contributed by atoms with van der Waals surface area (Å²) in [6, 6.07) is 4.31. The number of nitrogens with zero attached hydrogens (tertiary/aromatic N) is 1. The van der Waals surface area contributed by atoms with Crippen molar-refractivity contribution < 1.29 is 29.2 Å². The predicted molar refractivity (Wildman–Crippen MR) is 120 cm³/mol. The lowest BCUT2D eigenvalue weighted by Crippen LogP contribution is -2.22. The molecule has 0 spiro atoms. The lowest BCUT2D eigenvalue weighted by atomic mass is 9.95. The molecule has 1 aromatic rings. The minimum Gasteiger partial charge on any atom is -0.515 e. The van der Waals surface area contributed by atoms with Crippen LogP contribution in [0.25, 0.3) is 0 Å². The molecule has 0 aromatic heterocycles. The van der Waals surface area contributed by atoms with Crippen LogP contribution in [0.5, 0.6) is 5.75 Å². The minimum atomic E-state index is -1.18. The molecule has 168 valence electrons. The number of hydrogen-bond acceptors (Lipinski definition) is 7. The molecule has 0 amide bonds. The van der Waals surface area contributed by atoms with Gasteiger partial charge in [0.15, 0.2) is 0 Å². The Kier molecular flexibility index (Phi) is 8.17. The van der Waals surface area contributed by atoms with Gasteiger partial charge in [0, 0.05) is 48.5 Å². The number of ether oxygens (including phenoxy) is 3. The first-order valence-electron chi connectivity index (χ1n) is 10.3. The first-order valence-corrected chi connectivity index (χ1v) is 11.2. The molecular formula is C23H29NO6S. The first kappa shape index (κ1) is 23.4. The number of rotatable bonds is 10. The van der Waals surface area contributed by atoms with Gasteiger partial charge in [-0.15, -0.1) is 11.8 Å². The van der Waals surface area contributed by atoms with Gasteiger partial charge < -0.3 is 24.4 Å². The van der Waals surface area contributed by atoms with E-state index in [4.69, 9.17) is 19.2 Å². The van der Waals surface area contributed by atoms with Crippen LogP contribution in [0.15, 0.2) is 45.5 Å². The quantitative estimate of drug-likeness (QED) is 0.316. The number of carbonyl (C=O) groups is 1. The third-order valence-electron chi connectivity index (χ3n) is 5.04. The average molecular weight is 448 g/mol. The molecule has 1 aliphatic carbocycles. The van der Waals surface area contributed by atoms with Crippen LogP contribution in [0.2, 0.25) is 0 Å². The molecule has 3 rings (SSSR count). The fourth-order valence-corrected chi connectivity index (χ4v) is 4.46. The van der Waals surface area contributed by atoms with E-state index in [-0.39, 0.29) is 16.9 Å². The van der Waals surface area contributed by atoms with Gasteiger partial charge in [-0.3, -0.25) is 4.99 Å². The van der Waals surface area contributed by atoms with Crippen LogP contribution in [0.1, 0.15) is 37.3 Å². The second-order valence-electron chi connectivity index (χ2n) is 7.54. The Morgan fingerprint density at radius 3 is 2.65 bits per heavy atom. The number of aliphatic imine (C=N–C) groups is 1. The number of aliphatic carboxylic acids is 1. The number of benzene rings is 1. The van der Waals surface area contributed by atoms with Crippen molar-refractivity contribution in [2.45, 2.75) is 49.0 Å². The summed E-state index contributed by atoms with van der Waals surface area (Å²) in [5, 5.41) is 18.7. The molecule has 0 radical (unpaired) electrons. The fourth-order valence-electron chi connectivity index (χ4n) is 3.32. The molecule has 8 heteroatoms. The molecule has 1 aromatic carbocycles. The maximum Gasteiger partial charge on any atom is 0.338 e. The van der Waals surface area contributed by atoms with E-state index in [9.17, 15) is 15.0 Å². The summed E-state index contributed by atoms with van der Waals surface area (Å²) in [5.74, 6) is -0.403. The Morgan fingerprint density at radius 1 is 1.26 bits per heavy atom. The van der Waals surface area contributed by atoms with Crippen LogP contribution in [0, 0.1) is 0 Å². The molecule has 1 heterocycles. The van der Waals surface area contributed by atoms with E-state index in [0.717, 1.165) is 52.3 Å². The Balaban J connectivity index is 2.04. The maximum absolute atomic E-state index is 11.5. The monoisotopic (exact) mass is 447 g/mol. The fraction of sp³-hybridized carbons (Fsp3) is 0.478. The molecule has 0 bridgehead atoms. The molecule has 1 atom stereocenters. The van der Waals surface area contributed by atoms with E-state index in [1.165, 1.54) is 6.08 Å². The summed E-state index contributed by atoms with van der Waals surface area (Å²) in [7, 11) is 3.31. The van der Waals surface area contributed by atoms with Crippen LogP contribution in [0.4, 0.5) is 0 Å². The van der Waals surface area contributed by atoms with Gasteiger partial charge in [-0.2, -0.15) is 0 Å². The van der Waals surface area contributed by atoms with Crippen LogP contribution < -0.4 is 4.74 Å². The lowest BCUT2D eigenvalue weighted by molar-refractivity contribution is -0.132. The number of fused-ring (bicyclic) bond motifs is 1. The Labute approximate surface area is 186 Å². The van der Waals surface area contributed by atoms with Crippen molar-refractivity contribution in [1.82, 2.24) is 0 Å². The summed E-state index contributed by atoms with van der Waals surface area (Å²) in [6.07, 6.45) is 5.00.